The molecule has 2 rings (SSSR count). The van der Waals surface area contributed by atoms with Crippen LogP contribution in [0.2, 0.25) is 0 Å². The smallest absolute Gasteiger partial charge is 0.256 e. The van der Waals surface area contributed by atoms with Gasteiger partial charge in [0.05, 0.1) is 5.56 Å². The van der Waals surface area contributed by atoms with E-state index in [9.17, 15) is 14.4 Å². The van der Waals surface area contributed by atoms with E-state index in [-0.39, 0.29) is 12.5 Å². The second kappa shape index (κ2) is 6.21. The lowest BCUT2D eigenvalue weighted by Gasteiger charge is -2.33. The molecule has 1 aliphatic heterocycles. The van der Waals surface area contributed by atoms with Gasteiger partial charge in [0.1, 0.15) is 12.6 Å². The fraction of sp³-hybridized carbons (Fsp3) is 0.308. The van der Waals surface area contributed by atoms with Crippen LogP contribution < -0.4 is 5.32 Å². The minimum absolute atomic E-state index is 0.0916. The molecule has 3 amide bonds. The highest BCUT2D eigenvalue weighted by atomic mass is 127. The number of piperazine rings is 1. The molecule has 0 aliphatic carbocycles. The average molecular weight is 451 g/mol. The Balaban J connectivity index is 2.37. The Morgan fingerprint density at radius 1 is 1.50 bits per heavy atom. The first-order valence-corrected chi connectivity index (χ1v) is 7.91. The first kappa shape index (κ1) is 15.4. The minimum Gasteiger partial charge on any atom is -0.317 e. The van der Waals surface area contributed by atoms with Crippen molar-refractivity contribution in [1.82, 2.24) is 10.2 Å². The van der Waals surface area contributed by atoms with Gasteiger partial charge >= 0.3 is 0 Å². The Bertz CT molecular complexity index is 591. The molecular formula is C13H12BrIN2O3. The number of nitrogens with zero attached hydrogens (tertiary/aromatic N) is 1. The van der Waals surface area contributed by atoms with Crippen molar-refractivity contribution in [2.24, 2.45) is 0 Å². The van der Waals surface area contributed by atoms with E-state index in [2.05, 4.69) is 43.8 Å². The number of carbonyl (C=O) groups excluding carboxylic acids is 3. The third-order valence-electron chi connectivity index (χ3n) is 3.06. The molecule has 0 radical (unpaired) electrons. The van der Waals surface area contributed by atoms with E-state index >= 15 is 0 Å². The summed E-state index contributed by atoms with van der Waals surface area (Å²) in [6.07, 6.45) is 0.468. The quantitative estimate of drug-likeness (QED) is 0.553. The van der Waals surface area contributed by atoms with Gasteiger partial charge in [-0.3, -0.25) is 19.7 Å². The first-order valence-electron chi connectivity index (χ1n) is 6.03. The predicted molar refractivity (Wildman–Crippen MR) is 85.1 cm³/mol. The van der Waals surface area contributed by atoms with Crippen LogP contribution in [-0.2, 0) is 9.59 Å². The van der Waals surface area contributed by atoms with Gasteiger partial charge < -0.3 is 4.90 Å². The van der Waals surface area contributed by atoms with Gasteiger partial charge in [0.25, 0.3) is 5.91 Å². The highest BCUT2D eigenvalue weighted by molar-refractivity contribution is 14.1. The molecule has 1 aromatic carbocycles. The van der Waals surface area contributed by atoms with Crippen molar-refractivity contribution < 1.29 is 14.4 Å². The molecule has 0 aromatic heterocycles. The number of imide groups is 1. The van der Waals surface area contributed by atoms with Crippen LogP contribution in [0.3, 0.4) is 0 Å². The number of rotatable bonds is 2. The van der Waals surface area contributed by atoms with Crippen LogP contribution in [0.4, 0.5) is 0 Å². The van der Waals surface area contributed by atoms with Gasteiger partial charge in [0, 0.05) is 8.04 Å². The van der Waals surface area contributed by atoms with Crippen LogP contribution in [0.5, 0.6) is 0 Å². The number of amides is 3. The summed E-state index contributed by atoms with van der Waals surface area (Å²) in [6.45, 7) is 1.72. The van der Waals surface area contributed by atoms with Crippen LogP contribution in [0.1, 0.15) is 23.7 Å². The lowest BCUT2D eigenvalue weighted by Crippen LogP contribution is -2.59. The molecule has 1 saturated heterocycles. The summed E-state index contributed by atoms with van der Waals surface area (Å²) in [5, 5.41) is 2.26. The van der Waals surface area contributed by atoms with Gasteiger partial charge in [-0.05, 0) is 47.2 Å². The number of carbonyl (C=O) groups is 3. The van der Waals surface area contributed by atoms with Crippen molar-refractivity contribution in [3.05, 3.63) is 31.8 Å². The minimum atomic E-state index is -0.602. The summed E-state index contributed by atoms with van der Waals surface area (Å²) >= 11 is 5.39. The zero-order valence-electron chi connectivity index (χ0n) is 10.7. The van der Waals surface area contributed by atoms with E-state index in [1.807, 2.05) is 19.1 Å². The average Bonchev–Trinajstić information content (AvgIpc) is 2.40. The van der Waals surface area contributed by atoms with Gasteiger partial charge in [-0.25, -0.2) is 0 Å². The van der Waals surface area contributed by atoms with Gasteiger partial charge in [0.2, 0.25) is 11.8 Å². The van der Waals surface area contributed by atoms with Crippen molar-refractivity contribution in [1.29, 1.82) is 0 Å². The molecule has 7 heteroatoms. The Morgan fingerprint density at radius 3 is 2.85 bits per heavy atom. The maximum Gasteiger partial charge on any atom is 0.256 e. The Labute approximate surface area is 138 Å². The highest BCUT2D eigenvalue weighted by Gasteiger charge is 2.36. The number of hydrogen-bond acceptors (Lipinski definition) is 3. The standard InChI is InChI=1S/C13H12BrIN2O3/c1-2-10-12(19)16-11(18)6-17(10)13(20)8-5-7(14)3-4-9(8)15/h3-5,10H,2,6H2,1H3,(H,16,18,19). The lowest BCUT2D eigenvalue weighted by atomic mass is 10.1. The maximum absolute atomic E-state index is 12.6. The Morgan fingerprint density at radius 2 is 2.20 bits per heavy atom. The molecule has 106 valence electrons. The zero-order chi connectivity index (χ0) is 14.9. The number of nitrogens with one attached hydrogen (secondary N) is 1. The zero-order valence-corrected chi connectivity index (χ0v) is 14.4. The molecule has 1 aromatic rings. The molecule has 0 bridgehead atoms. The summed E-state index contributed by atoms with van der Waals surface area (Å²) in [5.41, 5.74) is 0.487. The monoisotopic (exact) mass is 450 g/mol. The second-order valence-electron chi connectivity index (χ2n) is 4.39. The van der Waals surface area contributed by atoms with E-state index in [4.69, 9.17) is 0 Å². The van der Waals surface area contributed by atoms with Crippen molar-refractivity contribution >= 4 is 56.2 Å². The van der Waals surface area contributed by atoms with Gasteiger partial charge in [0.15, 0.2) is 0 Å². The second-order valence-corrected chi connectivity index (χ2v) is 6.47. The Hall–Kier alpha value is -0.960. The molecule has 1 fully saturated rings. The number of benzene rings is 1. The molecule has 0 spiro atoms. The van der Waals surface area contributed by atoms with Gasteiger partial charge in [-0.15, -0.1) is 0 Å². The summed E-state index contributed by atoms with van der Waals surface area (Å²) in [6, 6.07) is 4.75. The van der Waals surface area contributed by atoms with Gasteiger partial charge in [-0.2, -0.15) is 0 Å². The van der Waals surface area contributed by atoms with Crippen molar-refractivity contribution in [3.8, 4) is 0 Å². The fourth-order valence-electron chi connectivity index (χ4n) is 2.10. The van der Waals surface area contributed by atoms with Crippen LogP contribution in [0.15, 0.2) is 22.7 Å². The topological polar surface area (TPSA) is 66.5 Å². The number of hydrogen-bond donors (Lipinski definition) is 1. The van der Waals surface area contributed by atoms with E-state index in [0.717, 1.165) is 8.04 Å². The largest absolute Gasteiger partial charge is 0.317 e. The summed E-state index contributed by atoms with van der Waals surface area (Å²) < 4.78 is 1.56. The SMILES string of the molecule is CCC1C(=O)NC(=O)CN1C(=O)c1cc(Br)ccc1I. The molecule has 1 atom stereocenters. The summed E-state index contributed by atoms with van der Waals surface area (Å²) in [4.78, 5) is 37.2. The van der Waals surface area contributed by atoms with E-state index in [0.29, 0.717) is 12.0 Å². The lowest BCUT2D eigenvalue weighted by molar-refractivity contribution is -0.138. The van der Waals surface area contributed by atoms with Gasteiger partial charge in [-0.1, -0.05) is 22.9 Å². The van der Waals surface area contributed by atoms with E-state index in [1.165, 1.54) is 4.90 Å². The Kier molecular flexibility index (Phi) is 4.79. The summed E-state index contributed by atoms with van der Waals surface area (Å²) in [7, 11) is 0. The fourth-order valence-corrected chi connectivity index (χ4v) is 3.03. The third kappa shape index (κ3) is 3.03. The van der Waals surface area contributed by atoms with Crippen molar-refractivity contribution in [3.63, 3.8) is 0 Å². The molecule has 1 aliphatic rings. The van der Waals surface area contributed by atoms with Crippen LogP contribution in [0.25, 0.3) is 0 Å². The maximum atomic E-state index is 12.6. The molecule has 1 heterocycles. The molecule has 20 heavy (non-hydrogen) atoms. The van der Waals surface area contributed by atoms with Crippen molar-refractivity contribution in [2.45, 2.75) is 19.4 Å². The first-order chi connectivity index (χ1) is 9.43. The predicted octanol–water partition coefficient (Wildman–Crippen LogP) is 1.93. The normalized spacial score (nSPS) is 18.9. The van der Waals surface area contributed by atoms with Crippen molar-refractivity contribution in [2.75, 3.05) is 6.54 Å². The highest BCUT2D eigenvalue weighted by Crippen LogP contribution is 2.22. The summed E-state index contributed by atoms with van der Waals surface area (Å²) in [5.74, 6) is -1.16. The molecule has 1 N–H and O–H groups in total. The molecule has 1 unspecified atom stereocenters. The molecular weight excluding hydrogens is 439 g/mol. The molecule has 0 saturated carbocycles. The van der Waals surface area contributed by atoms with Crippen LogP contribution >= 0.6 is 38.5 Å². The number of halogens is 2. The van der Waals surface area contributed by atoms with E-state index < -0.39 is 17.9 Å². The van der Waals surface area contributed by atoms with Crippen LogP contribution in [0, 0.1) is 3.57 Å². The third-order valence-corrected chi connectivity index (χ3v) is 4.50. The van der Waals surface area contributed by atoms with E-state index in [1.54, 1.807) is 6.07 Å². The molecule has 5 nitrogen and oxygen atoms in total. The van der Waals surface area contributed by atoms with Crippen LogP contribution in [-0.4, -0.2) is 35.2 Å².